The van der Waals surface area contributed by atoms with Gasteiger partial charge in [0.05, 0.1) is 0 Å². The molecular formula is C9H17N3O6. The van der Waals surface area contributed by atoms with Crippen molar-refractivity contribution < 1.29 is 29.0 Å². The summed E-state index contributed by atoms with van der Waals surface area (Å²) in [5.74, 6) is -2.93. The summed E-state index contributed by atoms with van der Waals surface area (Å²) in [5.41, 5.74) is 15.7. The van der Waals surface area contributed by atoms with E-state index in [1.807, 2.05) is 0 Å². The second kappa shape index (κ2) is 7.58. The van der Waals surface area contributed by atoms with Crippen molar-refractivity contribution in [1.82, 2.24) is 0 Å². The minimum Gasteiger partial charge on any atom is -0.480 e. The Hall–Kier alpha value is -1.71. The molecule has 7 N–H and O–H groups in total. The van der Waals surface area contributed by atoms with Crippen molar-refractivity contribution in [2.45, 2.75) is 25.0 Å². The first-order valence-electron chi connectivity index (χ1n) is 5.08. The number of carbonyl (C=O) groups is 3. The fourth-order valence-electron chi connectivity index (χ4n) is 0.722. The standard InChI is InChI=1S/C9H17N3O6/c1-4(10)8(15)17-3-6(12)9(16)18-2-5(11)7(13)14/h4-6H,2-3,10-12H2,1H3,(H,13,14)/t4-,5-,6-/m0/s1. The molecule has 3 atom stereocenters. The molecule has 0 fully saturated rings. The molecule has 0 radical (unpaired) electrons. The van der Waals surface area contributed by atoms with Crippen LogP contribution in [0.25, 0.3) is 0 Å². The van der Waals surface area contributed by atoms with Gasteiger partial charge in [-0.2, -0.15) is 0 Å². The van der Waals surface area contributed by atoms with Gasteiger partial charge in [-0.3, -0.25) is 14.4 Å². The fourth-order valence-corrected chi connectivity index (χ4v) is 0.722. The van der Waals surface area contributed by atoms with Gasteiger partial charge in [-0.15, -0.1) is 0 Å². The number of carboxylic acids is 1. The van der Waals surface area contributed by atoms with Crippen molar-refractivity contribution >= 4 is 17.9 Å². The molecule has 0 saturated heterocycles. The van der Waals surface area contributed by atoms with Crippen molar-refractivity contribution in [1.29, 1.82) is 0 Å². The number of hydrogen-bond donors (Lipinski definition) is 4. The summed E-state index contributed by atoms with van der Waals surface area (Å²) in [6.07, 6.45) is 0. The van der Waals surface area contributed by atoms with Crippen LogP contribution in [0.2, 0.25) is 0 Å². The highest BCUT2D eigenvalue weighted by Crippen LogP contribution is 1.92. The lowest BCUT2D eigenvalue weighted by molar-refractivity contribution is -0.153. The van der Waals surface area contributed by atoms with Crippen LogP contribution in [0.1, 0.15) is 6.92 Å². The highest BCUT2D eigenvalue weighted by atomic mass is 16.6. The molecule has 0 saturated carbocycles. The Labute approximate surface area is 103 Å². The Bertz CT molecular complexity index is 319. The van der Waals surface area contributed by atoms with Gasteiger partial charge in [0.2, 0.25) is 0 Å². The van der Waals surface area contributed by atoms with E-state index in [0.29, 0.717) is 0 Å². The van der Waals surface area contributed by atoms with E-state index in [-0.39, 0.29) is 0 Å². The average molecular weight is 263 g/mol. The molecule has 0 bridgehead atoms. The summed E-state index contributed by atoms with van der Waals surface area (Å²) in [6.45, 7) is 0.503. The van der Waals surface area contributed by atoms with Crippen molar-refractivity contribution in [2.75, 3.05) is 13.2 Å². The zero-order valence-corrected chi connectivity index (χ0v) is 9.87. The molecule has 0 aromatic heterocycles. The van der Waals surface area contributed by atoms with E-state index in [2.05, 4.69) is 9.47 Å². The van der Waals surface area contributed by atoms with Gasteiger partial charge in [-0.05, 0) is 6.92 Å². The molecule has 0 aromatic rings. The fraction of sp³-hybridized carbons (Fsp3) is 0.667. The highest BCUT2D eigenvalue weighted by Gasteiger charge is 2.21. The lowest BCUT2D eigenvalue weighted by Gasteiger charge is -2.14. The second-order valence-corrected chi connectivity index (χ2v) is 3.60. The number of ether oxygens (including phenoxy) is 2. The Kier molecular flexibility index (Phi) is 6.86. The number of esters is 2. The van der Waals surface area contributed by atoms with Crippen molar-refractivity contribution in [3.8, 4) is 0 Å². The van der Waals surface area contributed by atoms with E-state index < -0.39 is 49.2 Å². The van der Waals surface area contributed by atoms with Crippen LogP contribution in [-0.4, -0.2) is 54.4 Å². The zero-order valence-electron chi connectivity index (χ0n) is 9.87. The number of hydrogen-bond acceptors (Lipinski definition) is 8. The summed E-state index contributed by atoms with van der Waals surface area (Å²) in [6, 6.07) is -3.37. The first kappa shape index (κ1) is 16.3. The third-order valence-electron chi connectivity index (χ3n) is 1.80. The van der Waals surface area contributed by atoms with Crippen LogP contribution in [0.5, 0.6) is 0 Å². The number of carboxylic acid groups (broad SMARTS) is 1. The topological polar surface area (TPSA) is 168 Å². The van der Waals surface area contributed by atoms with Gasteiger partial charge in [-0.1, -0.05) is 0 Å². The highest BCUT2D eigenvalue weighted by molar-refractivity contribution is 5.78. The number of carbonyl (C=O) groups excluding carboxylic acids is 2. The molecule has 0 heterocycles. The van der Waals surface area contributed by atoms with Crippen molar-refractivity contribution in [3.63, 3.8) is 0 Å². The molecule has 0 spiro atoms. The van der Waals surface area contributed by atoms with Crippen LogP contribution >= 0.6 is 0 Å². The second-order valence-electron chi connectivity index (χ2n) is 3.60. The number of nitrogens with two attached hydrogens (primary N) is 3. The predicted octanol–water partition coefficient (Wildman–Crippen LogP) is -2.84. The molecule has 104 valence electrons. The third kappa shape index (κ3) is 6.13. The lowest BCUT2D eigenvalue weighted by atomic mass is 10.3. The number of aliphatic carboxylic acids is 1. The van der Waals surface area contributed by atoms with Crippen LogP contribution in [-0.2, 0) is 23.9 Å². The summed E-state index contributed by atoms with van der Waals surface area (Å²) in [5, 5.41) is 8.44. The van der Waals surface area contributed by atoms with Gasteiger partial charge in [0, 0.05) is 0 Å². The maximum Gasteiger partial charge on any atom is 0.326 e. The minimum absolute atomic E-state index is 0.401. The third-order valence-corrected chi connectivity index (χ3v) is 1.80. The smallest absolute Gasteiger partial charge is 0.326 e. The Morgan fingerprint density at radius 2 is 1.44 bits per heavy atom. The van der Waals surface area contributed by atoms with Crippen LogP contribution in [0.4, 0.5) is 0 Å². The van der Waals surface area contributed by atoms with Crippen molar-refractivity contribution in [2.24, 2.45) is 17.2 Å². The molecule has 9 nitrogen and oxygen atoms in total. The lowest BCUT2D eigenvalue weighted by Crippen LogP contribution is -2.42. The average Bonchev–Trinajstić information content (AvgIpc) is 2.31. The van der Waals surface area contributed by atoms with E-state index in [1.165, 1.54) is 6.92 Å². The molecule has 0 aliphatic carbocycles. The SMILES string of the molecule is C[C@H](N)C(=O)OC[C@H](N)C(=O)OC[C@H](N)C(=O)O. The van der Waals surface area contributed by atoms with Gasteiger partial charge in [0.15, 0.2) is 0 Å². The zero-order chi connectivity index (χ0) is 14.3. The first-order valence-corrected chi connectivity index (χ1v) is 5.08. The van der Waals surface area contributed by atoms with Gasteiger partial charge in [-0.25, -0.2) is 0 Å². The quantitative estimate of drug-likeness (QED) is 0.353. The number of rotatable bonds is 7. The van der Waals surface area contributed by atoms with E-state index >= 15 is 0 Å². The normalized spacial score (nSPS) is 15.3. The maximum atomic E-state index is 11.2. The van der Waals surface area contributed by atoms with Gasteiger partial charge < -0.3 is 31.8 Å². The molecule has 0 unspecified atom stereocenters. The van der Waals surface area contributed by atoms with Crippen LogP contribution in [0.15, 0.2) is 0 Å². The van der Waals surface area contributed by atoms with Gasteiger partial charge in [0.25, 0.3) is 0 Å². The Balaban J connectivity index is 3.97. The van der Waals surface area contributed by atoms with E-state index in [9.17, 15) is 14.4 Å². The molecular weight excluding hydrogens is 246 g/mol. The molecule has 18 heavy (non-hydrogen) atoms. The summed E-state index contributed by atoms with van der Waals surface area (Å²) >= 11 is 0. The van der Waals surface area contributed by atoms with E-state index in [0.717, 1.165) is 0 Å². The van der Waals surface area contributed by atoms with Crippen LogP contribution in [0.3, 0.4) is 0 Å². The largest absolute Gasteiger partial charge is 0.480 e. The van der Waals surface area contributed by atoms with Crippen molar-refractivity contribution in [3.05, 3.63) is 0 Å². The van der Waals surface area contributed by atoms with E-state index in [1.54, 1.807) is 0 Å². The molecule has 0 aliphatic rings. The molecule has 9 heteroatoms. The minimum atomic E-state index is -1.33. The maximum absolute atomic E-state index is 11.2. The molecule has 0 rings (SSSR count). The van der Waals surface area contributed by atoms with Crippen LogP contribution in [0, 0.1) is 0 Å². The Morgan fingerprint density at radius 3 is 1.89 bits per heavy atom. The predicted molar refractivity (Wildman–Crippen MR) is 59.2 cm³/mol. The van der Waals surface area contributed by atoms with Gasteiger partial charge in [0.1, 0.15) is 31.3 Å². The van der Waals surface area contributed by atoms with E-state index in [4.69, 9.17) is 22.3 Å². The summed E-state index contributed by atoms with van der Waals surface area (Å²) < 4.78 is 9.13. The van der Waals surface area contributed by atoms with Crippen LogP contribution < -0.4 is 17.2 Å². The summed E-state index contributed by atoms with van der Waals surface area (Å²) in [4.78, 5) is 32.5. The molecule has 0 amide bonds. The van der Waals surface area contributed by atoms with Gasteiger partial charge >= 0.3 is 17.9 Å². The monoisotopic (exact) mass is 263 g/mol. The molecule has 0 aromatic carbocycles. The Morgan fingerprint density at radius 1 is 1.00 bits per heavy atom. The first-order chi connectivity index (χ1) is 8.25. The summed E-state index contributed by atoms with van der Waals surface area (Å²) in [7, 11) is 0. The molecule has 0 aliphatic heterocycles.